The number of aromatic nitrogens is 2. The molecule has 1 aromatic carbocycles. The van der Waals surface area contributed by atoms with Crippen molar-refractivity contribution in [1.82, 2.24) is 15.1 Å². The first-order chi connectivity index (χ1) is 10.1. The molecule has 0 aliphatic rings. The van der Waals surface area contributed by atoms with Crippen LogP contribution in [0, 0.1) is 13.8 Å². The number of nitrogens with one attached hydrogen (secondary N) is 1. The van der Waals surface area contributed by atoms with Crippen LogP contribution in [-0.2, 0) is 6.54 Å². The molecule has 0 aliphatic heterocycles. The van der Waals surface area contributed by atoms with Crippen molar-refractivity contribution < 1.29 is 0 Å². The molecule has 3 nitrogen and oxygen atoms in total. The molecule has 1 heterocycles. The highest BCUT2D eigenvalue weighted by atomic mass is 79.9. The fourth-order valence-electron chi connectivity index (χ4n) is 2.62. The summed E-state index contributed by atoms with van der Waals surface area (Å²) in [6, 6.07) is 6.82. The van der Waals surface area contributed by atoms with Crippen molar-refractivity contribution in [2.45, 2.75) is 46.7 Å². The van der Waals surface area contributed by atoms with E-state index in [-0.39, 0.29) is 6.04 Å². The summed E-state index contributed by atoms with van der Waals surface area (Å²) in [7, 11) is 0. The lowest BCUT2D eigenvalue weighted by Gasteiger charge is -2.23. The standard InChI is InChI=1S/C17H24BrN3/c1-5-9-19-16(14-10-12(3)7-8-13(14)4)17-15(18)11-20-21(17)6-2/h7-8,10-11,16,19H,5-6,9H2,1-4H3. The van der Waals surface area contributed by atoms with Crippen LogP contribution < -0.4 is 5.32 Å². The topological polar surface area (TPSA) is 29.9 Å². The summed E-state index contributed by atoms with van der Waals surface area (Å²) >= 11 is 3.67. The van der Waals surface area contributed by atoms with E-state index in [0.29, 0.717) is 0 Å². The van der Waals surface area contributed by atoms with Gasteiger partial charge in [-0.25, -0.2) is 0 Å². The predicted molar refractivity (Wildman–Crippen MR) is 91.7 cm³/mol. The third kappa shape index (κ3) is 3.55. The Kier molecular flexibility index (Phi) is 5.59. The van der Waals surface area contributed by atoms with Gasteiger partial charge >= 0.3 is 0 Å². The minimum Gasteiger partial charge on any atom is -0.305 e. The summed E-state index contributed by atoms with van der Waals surface area (Å²) in [5, 5.41) is 8.15. The zero-order valence-electron chi connectivity index (χ0n) is 13.3. The van der Waals surface area contributed by atoms with Crippen molar-refractivity contribution in [2.75, 3.05) is 6.54 Å². The number of rotatable bonds is 6. The summed E-state index contributed by atoms with van der Waals surface area (Å²) in [6.07, 6.45) is 3.00. The molecule has 0 saturated heterocycles. The normalized spacial score (nSPS) is 12.6. The molecular formula is C17H24BrN3. The Morgan fingerprint density at radius 1 is 1.29 bits per heavy atom. The molecule has 0 radical (unpaired) electrons. The van der Waals surface area contributed by atoms with Crippen LogP contribution in [0.3, 0.4) is 0 Å². The van der Waals surface area contributed by atoms with Crippen LogP contribution in [0.5, 0.6) is 0 Å². The number of halogens is 1. The van der Waals surface area contributed by atoms with E-state index in [1.165, 1.54) is 22.4 Å². The van der Waals surface area contributed by atoms with Gasteiger partial charge in [0.25, 0.3) is 0 Å². The Hall–Kier alpha value is -1.13. The highest BCUT2D eigenvalue weighted by molar-refractivity contribution is 9.10. The first kappa shape index (κ1) is 16.2. The van der Waals surface area contributed by atoms with Gasteiger partial charge in [0, 0.05) is 6.54 Å². The minimum atomic E-state index is 0.168. The van der Waals surface area contributed by atoms with Crippen LogP contribution in [0.1, 0.15) is 48.7 Å². The highest BCUT2D eigenvalue weighted by Crippen LogP contribution is 2.31. The lowest BCUT2D eigenvalue weighted by molar-refractivity contribution is 0.526. The van der Waals surface area contributed by atoms with E-state index in [1.807, 2.05) is 6.20 Å². The molecule has 1 unspecified atom stereocenters. The van der Waals surface area contributed by atoms with Crippen LogP contribution in [-0.4, -0.2) is 16.3 Å². The van der Waals surface area contributed by atoms with E-state index >= 15 is 0 Å². The van der Waals surface area contributed by atoms with Gasteiger partial charge in [-0.15, -0.1) is 0 Å². The van der Waals surface area contributed by atoms with Crippen LogP contribution in [0.25, 0.3) is 0 Å². The molecule has 114 valence electrons. The molecule has 4 heteroatoms. The first-order valence-corrected chi connectivity index (χ1v) is 8.39. The number of benzene rings is 1. The van der Waals surface area contributed by atoms with E-state index in [9.17, 15) is 0 Å². The third-order valence-corrected chi connectivity index (χ3v) is 4.36. The Bertz CT molecular complexity index is 604. The maximum absolute atomic E-state index is 4.47. The van der Waals surface area contributed by atoms with Crippen molar-refractivity contribution >= 4 is 15.9 Å². The van der Waals surface area contributed by atoms with E-state index < -0.39 is 0 Å². The molecule has 0 fully saturated rings. The molecule has 1 aromatic heterocycles. The van der Waals surface area contributed by atoms with Crippen LogP contribution >= 0.6 is 15.9 Å². The van der Waals surface area contributed by atoms with Crippen LogP contribution in [0.15, 0.2) is 28.9 Å². The minimum absolute atomic E-state index is 0.168. The van der Waals surface area contributed by atoms with E-state index in [2.05, 4.69) is 76.9 Å². The third-order valence-electron chi connectivity index (χ3n) is 3.75. The first-order valence-electron chi connectivity index (χ1n) is 7.60. The average Bonchev–Trinajstić information content (AvgIpc) is 2.84. The Morgan fingerprint density at radius 3 is 2.71 bits per heavy atom. The number of nitrogens with zero attached hydrogens (tertiary/aromatic N) is 2. The maximum Gasteiger partial charge on any atom is 0.0762 e. The van der Waals surface area contributed by atoms with E-state index in [1.54, 1.807) is 0 Å². The fourth-order valence-corrected chi connectivity index (χ4v) is 3.15. The van der Waals surface area contributed by atoms with Crippen molar-refractivity contribution in [1.29, 1.82) is 0 Å². The fraction of sp³-hybridized carbons (Fsp3) is 0.471. The summed E-state index contributed by atoms with van der Waals surface area (Å²) in [5.41, 5.74) is 5.14. The van der Waals surface area contributed by atoms with Crippen molar-refractivity contribution in [3.63, 3.8) is 0 Å². The molecule has 2 aromatic rings. The molecule has 1 N–H and O–H groups in total. The summed E-state index contributed by atoms with van der Waals surface area (Å²) in [6.45, 7) is 10.5. The van der Waals surface area contributed by atoms with Gasteiger partial charge in [0.15, 0.2) is 0 Å². The molecular weight excluding hydrogens is 326 g/mol. The van der Waals surface area contributed by atoms with Crippen LogP contribution in [0.4, 0.5) is 0 Å². The largest absolute Gasteiger partial charge is 0.305 e. The molecule has 0 spiro atoms. The van der Waals surface area contributed by atoms with Crippen LogP contribution in [0.2, 0.25) is 0 Å². The van der Waals surface area contributed by atoms with Gasteiger partial charge in [0.05, 0.1) is 22.4 Å². The number of hydrogen-bond acceptors (Lipinski definition) is 2. The van der Waals surface area contributed by atoms with E-state index in [0.717, 1.165) is 24.0 Å². The molecule has 2 rings (SSSR count). The van der Waals surface area contributed by atoms with Gasteiger partial charge in [-0.05, 0) is 60.8 Å². The summed E-state index contributed by atoms with van der Waals surface area (Å²) in [4.78, 5) is 0. The van der Waals surface area contributed by atoms with E-state index in [4.69, 9.17) is 0 Å². The molecule has 0 aliphatic carbocycles. The number of hydrogen-bond donors (Lipinski definition) is 1. The van der Waals surface area contributed by atoms with Gasteiger partial charge in [0.1, 0.15) is 0 Å². The summed E-state index contributed by atoms with van der Waals surface area (Å²) < 4.78 is 3.14. The number of aryl methyl sites for hydroxylation is 3. The van der Waals surface area contributed by atoms with Gasteiger partial charge in [-0.3, -0.25) is 4.68 Å². The zero-order valence-corrected chi connectivity index (χ0v) is 14.9. The van der Waals surface area contributed by atoms with Gasteiger partial charge in [-0.2, -0.15) is 5.10 Å². The lowest BCUT2D eigenvalue weighted by Crippen LogP contribution is -2.27. The Morgan fingerprint density at radius 2 is 2.05 bits per heavy atom. The molecule has 0 saturated carbocycles. The SMILES string of the molecule is CCCNC(c1cc(C)ccc1C)c1c(Br)cnn1CC. The highest BCUT2D eigenvalue weighted by Gasteiger charge is 2.22. The molecule has 0 amide bonds. The monoisotopic (exact) mass is 349 g/mol. The Labute approximate surface area is 135 Å². The molecule has 21 heavy (non-hydrogen) atoms. The predicted octanol–water partition coefficient (Wildman–Crippen LogP) is 4.37. The zero-order chi connectivity index (χ0) is 15.4. The second-order valence-corrected chi connectivity index (χ2v) is 6.30. The quantitative estimate of drug-likeness (QED) is 0.838. The van der Waals surface area contributed by atoms with Gasteiger partial charge in [-0.1, -0.05) is 30.7 Å². The maximum atomic E-state index is 4.47. The molecule has 1 atom stereocenters. The van der Waals surface area contributed by atoms with Gasteiger partial charge < -0.3 is 5.32 Å². The second-order valence-electron chi connectivity index (χ2n) is 5.44. The molecule has 0 bridgehead atoms. The van der Waals surface area contributed by atoms with Crippen molar-refractivity contribution in [3.05, 3.63) is 51.3 Å². The lowest BCUT2D eigenvalue weighted by atomic mass is 9.96. The smallest absolute Gasteiger partial charge is 0.0762 e. The van der Waals surface area contributed by atoms with Gasteiger partial charge in [0.2, 0.25) is 0 Å². The Balaban J connectivity index is 2.52. The summed E-state index contributed by atoms with van der Waals surface area (Å²) in [5.74, 6) is 0. The second kappa shape index (κ2) is 7.23. The average molecular weight is 350 g/mol. The van der Waals surface area contributed by atoms with Crippen molar-refractivity contribution in [2.24, 2.45) is 0 Å². The van der Waals surface area contributed by atoms with Crippen molar-refractivity contribution in [3.8, 4) is 0 Å².